The summed E-state index contributed by atoms with van der Waals surface area (Å²) in [4.78, 5) is 17.0. The SMILES string of the molecule is CCC=C(/C=C(/C)CCC)N1CCN(C(=O)OC(C)(C)C)C2(CC2)C1. The number of rotatable bonds is 5. The molecule has 0 radical (unpaired) electrons. The summed E-state index contributed by atoms with van der Waals surface area (Å²) in [5.41, 5.74) is 2.31. The Morgan fingerprint density at radius 2 is 1.88 bits per heavy atom. The van der Waals surface area contributed by atoms with E-state index in [4.69, 9.17) is 4.74 Å². The van der Waals surface area contributed by atoms with E-state index in [1.54, 1.807) is 0 Å². The van der Waals surface area contributed by atoms with Gasteiger partial charge in [0.1, 0.15) is 5.60 Å². The fourth-order valence-corrected chi connectivity index (χ4v) is 3.58. The Balaban J connectivity index is 2.10. The average Bonchev–Trinajstić information content (AvgIpc) is 3.24. The predicted molar refractivity (Wildman–Crippen MR) is 104 cm³/mol. The number of hydrogen-bond donors (Lipinski definition) is 0. The Kier molecular flexibility index (Phi) is 6.23. The summed E-state index contributed by atoms with van der Waals surface area (Å²) in [6.45, 7) is 15.0. The van der Waals surface area contributed by atoms with Crippen LogP contribution in [0, 0.1) is 0 Å². The lowest BCUT2D eigenvalue weighted by Gasteiger charge is -2.43. The van der Waals surface area contributed by atoms with Crippen molar-refractivity contribution in [1.29, 1.82) is 0 Å². The molecule has 1 aliphatic heterocycles. The van der Waals surface area contributed by atoms with E-state index in [2.05, 4.69) is 37.8 Å². The van der Waals surface area contributed by atoms with Crippen molar-refractivity contribution in [3.63, 3.8) is 0 Å². The lowest BCUT2D eigenvalue weighted by molar-refractivity contribution is -0.00240. The van der Waals surface area contributed by atoms with E-state index in [0.717, 1.165) is 45.3 Å². The predicted octanol–water partition coefficient (Wildman–Crippen LogP) is 5.11. The number of allylic oxidation sites excluding steroid dienone is 3. The first-order valence-corrected chi connectivity index (χ1v) is 9.83. The van der Waals surface area contributed by atoms with Gasteiger partial charge in [0, 0.05) is 25.3 Å². The Bertz CT molecular complexity index is 539. The van der Waals surface area contributed by atoms with Gasteiger partial charge in [0.2, 0.25) is 0 Å². The van der Waals surface area contributed by atoms with Crippen LogP contribution in [0.4, 0.5) is 4.79 Å². The molecule has 0 aromatic heterocycles. The van der Waals surface area contributed by atoms with Crippen molar-refractivity contribution < 1.29 is 9.53 Å². The standard InChI is InChI=1S/C21H36N2O2/c1-7-9-17(3)15-18(10-8-2)22-13-14-23(21(16-22)11-12-21)19(24)25-20(4,5)6/h10,15H,7-9,11-14,16H2,1-6H3/b17-15-,18-10?. The minimum Gasteiger partial charge on any atom is -0.444 e. The summed E-state index contributed by atoms with van der Waals surface area (Å²) in [5, 5.41) is 0. The van der Waals surface area contributed by atoms with Gasteiger partial charge < -0.3 is 9.64 Å². The minimum absolute atomic E-state index is 0.0140. The molecule has 0 aromatic carbocycles. The molecule has 0 atom stereocenters. The van der Waals surface area contributed by atoms with Gasteiger partial charge in [-0.3, -0.25) is 4.90 Å². The van der Waals surface area contributed by atoms with Crippen LogP contribution in [0.25, 0.3) is 0 Å². The van der Waals surface area contributed by atoms with Crippen molar-refractivity contribution in [3.8, 4) is 0 Å². The Hall–Kier alpha value is -1.45. The first kappa shape index (κ1) is 19.9. The highest BCUT2D eigenvalue weighted by Crippen LogP contribution is 2.45. The van der Waals surface area contributed by atoms with E-state index in [-0.39, 0.29) is 11.6 Å². The van der Waals surface area contributed by atoms with E-state index in [9.17, 15) is 4.79 Å². The van der Waals surface area contributed by atoms with Gasteiger partial charge in [0.15, 0.2) is 0 Å². The topological polar surface area (TPSA) is 32.8 Å². The second-order valence-corrected chi connectivity index (χ2v) is 8.56. The molecule has 0 unspecified atom stereocenters. The van der Waals surface area contributed by atoms with Crippen LogP contribution >= 0.6 is 0 Å². The van der Waals surface area contributed by atoms with Gasteiger partial charge in [-0.2, -0.15) is 0 Å². The summed E-state index contributed by atoms with van der Waals surface area (Å²) >= 11 is 0. The van der Waals surface area contributed by atoms with Crippen LogP contribution in [0.15, 0.2) is 23.4 Å². The zero-order valence-electron chi connectivity index (χ0n) is 17.0. The van der Waals surface area contributed by atoms with Crippen LogP contribution in [0.1, 0.15) is 73.6 Å². The fraction of sp³-hybridized carbons (Fsp3) is 0.762. The summed E-state index contributed by atoms with van der Waals surface area (Å²) in [6, 6.07) is 0. The van der Waals surface area contributed by atoms with Crippen molar-refractivity contribution in [2.24, 2.45) is 0 Å². The van der Waals surface area contributed by atoms with Crippen LogP contribution in [-0.2, 0) is 4.74 Å². The maximum absolute atomic E-state index is 12.6. The Morgan fingerprint density at radius 1 is 1.20 bits per heavy atom. The monoisotopic (exact) mass is 348 g/mol. The van der Waals surface area contributed by atoms with Crippen LogP contribution in [-0.4, -0.2) is 46.7 Å². The Labute approximate surface area is 153 Å². The number of hydrogen-bond acceptors (Lipinski definition) is 3. The number of amides is 1. The van der Waals surface area contributed by atoms with E-state index >= 15 is 0 Å². The second kappa shape index (κ2) is 7.84. The third-order valence-electron chi connectivity index (χ3n) is 4.91. The maximum Gasteiger partial charge on any atom is 0.410 e. The third-order valence-corrected chi connectivity index (χ3v) is 4.91. The zero-order valence-corrected chi connectivity index (χ0v) is 17.0. The zero-order chi connectivity index (χ0) is 18.7. The molecule has 1 spiro atoms. The van der Waals surface area contributed by atoms with Crippen molar-refractivity contribution >= 4 is 6.09 Å². The number of carbonyl (C=O) groups excluding carboxylic acids is 1. The van der Waals surface area contributed by atoms with Gasteiger partial charge in [-0.25, -0.2) is 4.79 Å². The lowest BCUT2D eigenvalue weighted by Crippen LogP contribution is -2.57. The molecule has 1 amide bonds. The second-order valence-electron chi connectivity index (χ2n) is 8.56. The number of nitrogens with zero attached hydrogens (tertiary/aromatic N) is 2. The molecule has 4 nitrogen and oxygen atoms in total. The summed E-state index contributed by atoms with van der Waals surface area (Å²) in [7, 11) is 0. The summed E-state index contributed by atoms with van der Waals surface area (Å²) in [6.07, 6.45) is 10.0. The Morgan fingerprint density at radius 3 is 2.40 bits per heavy atom. The van der Waals surface area contributed by atoms with Gasteiger partial charge >= 0.3 is 6.09 Å². The van der Waals surface area contributed by atoms with E-state index in [1.807, 2.05) is 25.7 Å². The molecule has 1 saturated carbocycles. The van der Waals surface area contributed by atoms with Gasteiger partial charge in [0.05, 0.1) is 5.54 Å². The van der Waals surface area contributed by atoms with Crippen LogP contribution in [0.2, 0.25) is 0 Å². The summed E-state index contributed by atoms with van der Waals surface area (Å²) in [5.74, 6) is 0. The largest absolute Gasteiger partial charge is 0.444 e. The molecule has 0 bridgehead atoms. The van der Waals surface area contributed by atoms with E-state index < -0.39 is 5.60 Å². The first-order valence-electron chi connectivity index (χ1n) is 9.83. The molecule has 1 aliphatic carbocycles. The molecular formula is C21H36N2O2. The molecule has 2 fully saturated rings. The van der Waals surface area contributed by atoms with Gasteiger partial charge in [-0.05, 0) is 59.5 Å². The quantitative estimate of drug-likeness (QED) is 0.647. The lowest BCUT2D eigenvalue weighted by atomic mass is 10.1. The minimum atomic E-state index is -0.433. The molecule has 2 rings (SSSR count). The number of ether oxygens (including phenoxy) is 1. The summed E-state index contributed by atoms with van der Waals surface area (Å²) < 4.78 is 5.63. The van der Waals surface area contributed by atoms with E-state index in [1.165, 1.54) is 17.7 Å². The maximum atomic E-state index is 12.6. The van der Waals surface area contributed by atoms with Gasteiger partial charge in [0.25, 0.3) is 0 Å². The number of carbonyl (C=O) groups is 1. The highest BCUT2D eigenvalue weighted by Gasteiger charge is 2.54. The van der Waals surface area contributed by atoms with Gasteiger partial charge in [-0.1, -0.05) is 31.9 Å². The third kappa shape index (κ3) is 5.26. The molecule has 4 heteroatoms. The van der Waals surface area contributed by atoms with Crippen LogP contribution in [0.3, 0.4) is 0 Å². The molecule has 2 aliphatic rings. The normalized spacial score (nSPS) is 20.9. The highest BCUT2D eigenvalue weighted by atomic mass is 16.6. The highest BCUT2D eigenvalue weighted by molar-refractivity contribution is 5.70. The van der Waals surface area contributed by atoms with E-state index in [0.29, 0.717) is 0 Å². The molecule has 1 saturated heterocycles. The van der Waals surface area contributed by atoms with Crippen molar-refractivity contribution in [2.45, 2.75) is 84.8 Å². The smallest absolute Gasteiger partial charge is 0.410 e. The van der Waals surface area contributed by atoms with Crippen molar-refractivity contribution in [2.75, 3.05) is 19.6 Å². The van der Waals surface area contributed by atoms with Crippen molar-refractivity contribution in [1.82, 2.24) is 9.80 Å². The molecule has 0 aromatic rings. The van der Waals surface area contributed by atoms with Crippen LogP contribution in [0.5, 0.6) is 0 Å². The first-order chi connectivity index (χ1) is 11.7. The molecular weight excluding hydrogens is 312 g/mol. The molecule has 0 N–H and O–H groups in total. The number of piperazine rings is 1. The molecule has 25 heavy (non-hydrogen) atoms. The van der Waals surface area contributed by atoms with Crippen molar-refractivity contribution in [3.05, 3.63) is 23.4 Å². The fourth-order valence-electron chi connectivity index (χ4n) is 3.58. The van der Waals surface area contributed by atoms with Crippen LogP contribution < -0.4 is 0 Å². The molecule has 142 valence electrons. The average molecular weight is 349 g/mol. The van der Waals surface area contributed by atoms with Gasteiger partial charge in [-0.15, -0.1) is 0 Å². The molecule has 1 heterocycles.